The third-order valence-electron chi connectivity index (χ3n) is 4.23. The van der Waals surface area contributed by atoms with Crippen LogP contribution < -0.4 is 10.1 Å². The Bertz CT molecular complexity index is 764. The van der Waals surface area contributed by atoms with E-state index in [2.05, 4.69) is 5.32 Å². The minimum Gasteiger partial charge on any atom is -0.496 e. The molecule has 5 nitrogen and oxygen atoms in total. The highest BCUT2D eigenvalue weighted by molar-refractivity contribution is 7.09. The molecule has 1 aromatic carbocycles. The zero-order valence-electron chi connectivity index (χ0n) is 13.8. The Kier molecular flexibility index (Phi) is 5.60. The largest absolute Gasteiger partial charge is 0.496 e. The van der Waals surface area contributed by atoms with Gasteiger partial charge in [0.2, 0.25) is 5.91 Å². The van der Waals surface area contributed by atoms with Crippen molar-refractivity contribution in [3.8, 4) is 5.75 Å². The van der Waals surface area contributed by atoms with Crippen molar-refractivity contribution >= 4 is 34.8 Å². The van der Waals surface area contributed by atoms with Gasteiger partial charge in [-0.2, -0.15) is 0 Å². The fourth-order valence-electron chi connectivity index (χ4n) is 2.99. The number of thiophene rings is 1. The third-order valence-corrected chi connectivity index (χ3v) is 5.34. The van der Waals surface area contributed by atoms with Crippen molar-refractivity contribution in [1.82, 2.24) is 10.2 Å². The summed E-state index contributed by atoms with van der Waals surface area (Å²) >= 11 is 7.62. The molecular weight excluding hydrogens is 360 g/mol. The van der Waals surface area contributed by atoms with Gasteiger partial charge in [-0.05, 0) is 42.5 Å². The second-order valence-corrected chi connectivity index (χ2v) is 7.27. The highest BCUT2D eigenvalue weighted by atomic mass is 35.5. The normalized spacial score (nSPS) is 16.7. The van der Waals surface area contributed by atoms with Crippen molar-refractivity contribution in [2.45, 2.75) is 25.4 Å². The minimum absolute atomic E-state index is 0.125. The third kappa shape index (κ3) is 3.96. The van der Waals surface area contributed by atoms with E-state index < -0.39 is 6.04 Å². The highest BCUT2D eigenvalue weighted by Gasteiger charge is 2.35. The number of hydrogen-bond donors (Lipinski definition) is 1. The summed E-state index contributed by atoms with van der Waals surface area (Å²) in [5.41, 5.74) is 0.382. The molecule has 1 fully saturated rings. The Hall–Kier alpha value is -2.05. The number of rotatable bonds is 5. The number of carbonyl (C=O) groups is 2. The lowest BCUT2D eigenvalue weighted by molar-refractivity contribution is -0.125. The Morgan fingerprint density at radius 2 is 2.24 bits per heavy atom. The summed E-state index contributed by atoms with van der Waals surface area (Å²) in [5, 5.41) is 5.35. The van der Waals surface area contributed by atoms with Crippen molar-refractivity contribution in [2.24, 2.45) is 0 Å². The number of hydrogen-bond acceptors (Lipinski definition) is 4. The van der Waals surface area contributed by atoms with Crippen molar-refractivity contribution < 1.29 is 14.3 Å². The number of carbonyl (C=O) groups excluding carboxylic acids is 2. The lowest BCUT2D eigenvalue weighted by Gasteiger charge is -2.24. The van der Waals surface area contributed by atoms with Gasteiger partial charge in [-0.1, -0.05) is 17.7 Å². The van der Waals surface area contributed by atoms with Gasteiger partial charge in [0.15, 0.2) is 0 Å². The van der Waals surface area contributed by atoms with Gasteiger partial charge < -0.3 is 15.0 Å². The molecule has 7 heteroatoms. The number of halogens is 1. The van der Waals surface area contributed by atoms with E-state index in [4.69, 9.17) is 16.3 Å². The Morgan fingerprint density at radius 3 is 2.96 bits per heavy atom. The van der Waals surface area contributed by atoms with Gasteiger partial charge in [0.1, 0.15) is 11.8 Å². The molecule has 0 spiro atoms. The lowest BCUT2D eigenvalue weighted by Crippen LogP contribution is -2.45. The molecule has 0 bridgehead atoms. The molecule has 2 heterocycles. The van der Waals surface area contributed by atoms with Crippen molar-refractivity contribution in [1.29, 1.82) is 0 Å². The van der Waals surface area contributed by atoms with E-state index in [-0.39, 0.29) is 11.8 Å². The molecule has 1 aliphatic heterocycles. The number of amides is 2. The first-order valence-electron chi connectivity index (χ1n) is 8.04. The second kappa shape index (κ2) is 7.89. The van der Waals surface area contributed by atoms with Gasteiger partial charge in [-0.25, -0.2) is 0 Å². The van der Waals surface area contributed by atoms with Crippen molar-refractivity contribution in [3.63, 3.8) is 0 Å². The predicted molar refractivity (Wildman–Crippen MR) is 98.2 cm³/mol. The molecule has 3 rings (SSSR count). The topological polar surface area (TPSA) is 58.6 Å². The molecule has 1 aromatic heterocycles. The number of benzene rings is 1. The van der Waals surface area contributed by atoms with Crippen LogP contribution in [0.15, 0.2) is 35.7 Å². The van der Waals surface area contributed by atoms with Crippen LogP contribution in [0.25, 0.3) is 0 Å². The first-order chi connectivity index (χ1) is 12.1. The SMILES string of the molecule is COc1ccc(Cl)cc1C(=O)N1CCC[C@H]1C(=O)NCc1cccs1. The number of likely N-dealkylation sites (tertiary alicyclic amines) is 1. The van der Waals surface area contributed by atoms with E-state index in [1.165, 1.54) is 7.11 Å². The maximum Gasteiger partial charge on any atom is 0.258 e. The summed E-state index contributed by atoms with van der Waals surface area (Å²) in [6, 6.07) is 8.38. The average molecular weight is 379 g/mol. The number of nitrogens with one attached hydrogen (secondary N) is 1. The Balaban J connectivity index is 1.73. The van der Waals surface area contributed by atoms with Crippen LogP contribution in [-0.2, 0) is 11.3 Å². The maximum atomic E-state index is 12.9. The van der Waals surface area contributed by atoms with E-state index in [1.54, 1.807) is 34.4 Å². The summed E-state index contributed by atoms with van der Waals surface area (Å²) in [5.74, 6) is 0.104. The van der Waals surface area contributed by atoms with E-state index in [9.17, 15) is 9.59 Å². The second-order valence-electron chi connectivity index (χ2n) is 5.80. The summed E-state index contributed by atoms with van der Waals surface area (Å²) < 4.78 is 5.27. The predicted octanol–water partition coefficient (Wildman–Crippen LogP) is 3.33. The van der Waals surface area contributed by atoms with E-state index in [0.717, 1.165) is 11.3 Å². The molecule has 0 unspecified atom stereocenters. The molecule has 1 atom stereocenters. The van der Waals surface area contributed by atoms with Crippen LogP contribution in [0.3, 0.4) is 0 Å². The molecule has 132 valence electrons. The molecule has 2 amide bonds. The highest BCUT2D eigenvalue weighted by Crippen LogP contribution is 2.27. The number of ether oxygens (including phenoxy) is 1. The van der Waals surface area contributed by atoms with Gasteiger partial charge in [-0.15, -0.1) is 11.3 Å². The smallest absolute Gasteiger partial charge is 0.258 e. The molecule has 1 N–H and O–H groups in total. The fourth-order valence-corrected chi connectivity index (χ4v) is 3.81. The van der Waals surface area contributed by atoms with Crippen LogP contribution in [0.5, 0.6) is 5.75 Å². The van der Waals surface area contributed by atoms with Crippen LogP contribution in [0.2, 0.25) is 5.02 Å². The molecule has 0 radical (unpaired) electrons. The zero-order chi connectivity index (χ0) is 17.8. The van der Waals surface area contributed by atoms with Crippen LogP contribution >= 0.6 is 22.9 Å². The summed E-state index contributed by atoms with van der Waals surface area (Å²) in [7, 11) is 1.51. The molecular formula is C18H19ClN2O3S. The van der Waals surface area contributed by atoms with Gasteiger partial charge in [0.25, 0.3) is 5.91 Å². The van der Waals surface area contributed by atoms with Crippen molar-refractivity contribution in [3.05, 3.63) is 51.2 Å². The molecule has 0 saturated carbocycles. The van der Waals surface area contributed by atoms with Crippen molar-refractivity contribution in [2.75, 3.05) is 13.7 Å². The minimum atomic E-state index is -0.462. The van der Waals surface area contributed by atoms with E-state index >= 15 is 0 Å². The first kappa shape index (κ1) is 17.8. The molecule has 1 saturated heterocycles. The molecule has 2 aromatic rings. The maximum absolute atomic E-state index is 12.9. The Morgan fingerprint density at radius 1 is 1.40 bits per heavy atom. The molecule has 0 aliphatic carbocycles. The molecule has 25 heavy (non-hydrogen) atoms. The number of methoxy groups -OCH3 is 1. The zero-order valence-corrected chi connectivity index (χ0v) is 15.4. The monoisotopic (exact) mass is 378 g/mol. The summed E-state index contributed by atoms with van der Waals surface area (Å²) in [4.78, 5) is 28.2. The van der Waals surface area contributed by atoms with E-state index in [1.807, 2.05) is 17.5 Å². The number of nitrogens with zero attached hydrogens (tertiary/aromatic N) is 1. The standard InChI is InChI=1S/C18H19ClN2O3S/c1-24-16-7-6-12(19)10-14(16)18(23)21-8-2-5-15(21)17(22)20-11-13-4-3-9-25-13/h3-4,6-7,9-10,15H,2,5,8,11H2,1H3,(H,20,22)/t15-/m0/s1. The van der Waals surface area contributed by atoms with Gasteiger partial charge in [0, 0.05) is 16.4 Å². The first-order valence-corrected chi connectivity index (χ1v) is 9.30. The summed E-state index contributed by atoms with van der Waals surface area (Å²) in [6.45, 7) is 1.03. The Labute approximate surface area is 155 Å². The summed E-state index contributed by atoms with van der Waals surface area (Å²) in [6.07, 6.45) is 1.45. The van der Waals surface area contributed by atoms with Crippen LogP contribution in [-0.4, -0.2) is 36.4 Å². The average Bonchev–Trinajstić information content (AvgIpc) is 3.30. The quantitative estimate of drug-likeness (QED) is 0.868. The van der Waals surface area contributed by atoms with Crippen LogP contribution in [0.4, 0.5) is 0 Å². The van der Waals surface area contributed by atoms with Crippen LogP contribution in [0, 0.1) is 0 Å². The fraction of sp³-hybridized carbons (Fsp3) is 0.333. The lowest BCUT2D eigenvalue weighted by atomic mass is 10.1. The van der Waals surface area contributed by atoms with E-state index in [0.29, 0.717) is 35.8 Å². The molecule has 1 aliphatic rings. The van der Waals surface area contributed by atoms with Gasteiger partial charge in [-0.3, -0.25) is 9.59 Å². The van der Waals surface area contributed by atoms with Gasteiger partial charge in [0.05, 0.1) is 19.2 Å². The van der Waals surface area contributed by atoms with Gasteiger partial charge >= 0.3 is 0 Å². The van der Waals surface area contributed by atoms with Crippen LogP contribution in [0.1, 0.15) is 28.1 Å².